The normalized spacial score (nSPS) is 29.7. The van der Waals surface area contributed by atoms with E-state index in [2.05, 4.69) is 22.2 Å². The second kappa shape index (κ2) is 4.77. The molecule has 15 heavy (non-hydrogen) atoms. The van der Waals surface area contributed by atoms with Crippen LogP contribution < -0.4 is 5.32 Å². The SMILES string of the molecule is CN1CCN(C2OCC[N]C2=C=O)CC1. The Labute approximate surface area is 89.7 Å². The number of carbonyl (C=O) groups excluding carboxylic acids is 1. The monoisotopic (exact) mass is 210 g/mol. The fourth-order valence-electron chi connectivity index (χ4n) is 1.90. The van der Waals surface area contributed by atoms with E-state index >= 15 is 0 Å². The van der Waals surface area contributed by atoms with E-state index in [1.807, 2.05) is 5.94 Å². The lowest BCUT2D eigenvalue weighted by molar-refractivity contribution is -0.0666. The Hall–Kier alpha value is -0.870. The van der Waals surface area contributed by atoms with E-state index in [0.717, 1.165) is 26.2 Å². The average Bonchev–Trinajstić information content (AvgIpc) is 2.30. The van der Waals surface area contributed by atoms with Crippen LogP contribution in [0, 0.1) is 0 Å². The molecule has 0 N–H and O–H groups in total. The highest BCUT2D eigenvalue weighted by Crippen LogP contribution is 2.14. The average molecular weight is 210 g/mol. The number of rotatable bonds is 1. The fraction of sp³-hybridized carbons (Fsp3) is 0.800. The third-order valence-corrected chi connectivity index (χ3v) is 2.86. The molecular weight excluding hydrogens is 194 g/mol. The van der Waals surface area contributed by atoms with Gasteiger partial charge in [0.2, 0.25) is 0 Å². The zero-order chi connectivity index (χ0) is 10.7. The Morgan fingerprint density at radius 3 is 2.80 bits per heavy atom. The number of ether oxygens (including phenoxy) is 1. The summed E-state index contributed by atoms with van der Waals surface area (Å²) in [6, 6.07) is 0. The molecule has 2 aliphatic heterocycles. The molecule has 0 aromatic rings. The summed E-state index contributed by atoms with van der Waals surface area (Å²) < 4.78 is 5.57. The second-order valence-electron chi connectivity index (χ2n) is 3.93. The number of hydrogen-bond donors (Lipinski definition) is 0. The van der Waals surface area contributed by atoms with Crippen LogP contribution in [0.2, 0.25) is 0 Å². The number of morpholine rings is 1. The standard InChI is InChI=1S/C10H16N3O2/c1-12-3-5-13(6-4-12)10-9(8-14)11-2-7-15-10/h10H,2-7H2,1H3. The maximum Gasteiger partial charge on any atom is 0.164 e. The van der Waals surface area contributed by atoms with Crippen molar-refractivity contribution in [3.63, 3.8) is 0 Å². The maximum atomic E-state index is 10.7. The molecule has 0 amide bonds. The van der Waals surface area contributed by atoms with Crippen molar-refractivity contribution in [2.24, 2.45) is 0 Å². The molecule has 0 aliphatic carbocycles. The van der Waals surface area contributed by atoms with Gasteiger partial charge in [-0.3, -0.25) is 10.2 Å². The Balaban J connectivity index is 1.99. The molecule has 83 valence electrons. The predicted octanol–water partition coefficient (Wildman–Crippen LogP) is -1.09. The first-order valence-corrected chi connectivity index (χ1v) is 5.28. The van der Waals surface area contributed by atoms with E-state index in [4.69, 9.17) is 4.74 Å². The van der Waals surface area contributed by atoms with Gasteiger partial charge in [-0.2, -0.15) is 0 Å². The van der Waals surface area contributed by atoms with E-state index in [-0.39, 0.29) is 6.23 Å². The smallest absolute Gasteiger partial charge is 0.164 e. The lowest BCUT2D eigenvalue weighted by atomic mass is 10.2. The minimum Gasteiger partial charge on any atom is -0.354 e. The summed E-state index contributed by atoms with van der Waals surface area (Å²) in [4.78, 5) is 15.1. The Bertz CT molecular complexity index is 268. The summed E-state index contributed by atoms with van der Waals surface area (Å²) in [7, 11) is 2.10. The number of piperazine rings is 1. The number of likely N-dealkylation sites (N-methyl/N-ethyl adjacent to an activating group) is 1. The third-order valence-electron chi connectivity index (χ3n) is 2.86. The molecule has 0 spiro atoms. The number of nitrogens with zero attached hydrogens (tertiary/aromatic N) is 3. The van der Waals surface area contributed by atoms with E-state index in [0.29, 0.717) is 18.8 Å². The van der Waals surface area contributed by atoms with E-state index in [1.54, 1.807) is 0 Å². The van der Waals surface area contributed by atoms with Crippen LogP contribution in [0.25, 0.3) is 0 Å². The van der Waals surface area contributed by atoms with Crippen LogP contribution in [0.1, 0.15) is 0 Å². The maximum absolute atomic E-state index is 10.7. The minimum atomic E-state index is -0.259. The quantitative estimate of drug-likeness (QED) is 0.516. The molecule has 2 fully saturated rings. The predicted molar refractivity (Wildman–Crippen MR) is 55.0 cm³/mol. The van der Waals surface area contributed by atoms with Gasteiger partial charge in [-0.25, -0.2) is 4.79 Å². The molecule has 2 rings (SSSR count). The van der Waals surface area contributed by atoms with Crippen molar-refractivity contribution >= 4 is 5.94 Å². The summed E-state index contributed by atoms with van der Waals surface area (Å²) in [6.45, 7) is 5.03. The molecular formula is C10H16N3O2. The lowest BCUT2D eigenvalue weighted by Gasteiger charge is -2.38. The Morgan fingerprint density at radius 1 is 1.40 bits per heavy atom. The van der Waals surface area contributed by atoms with Crippen molar-refractivity contribution in [1.82, 2.24) is 15.1 Å². The van der Waals surface area contributed by atoms with Crippen LogP contribution in [-0.2, 0) is 9.53 Å². The van der Waals surface area contributed by atoms with Crippen molar-refractivity contribution in [3.8, 4) is 0 Å². The molecule has 0 saturated carbocycles. The molecule has 0 aromatic heterocycles. The van der Waals surface area contributed by atoms with Crippen LogP contribution >= 0.6 is 0 Å². The van der Waals surface area contributed by atoms with Crippen LogP contribution in [-0.4, -0.2) is 68.3 Å². The van der Waals surface area contributed by atoms with Gasteiger partial charge >= 0.3 is 0 Å². The summed E-state index contributed by atoms with van der Waals surface area (Å²) in [5.41, 5.74) is 0.422. The van der Waals surface area contributed by atoms with Crippen molar-refractivity contribution in [1.29, 1.82) is 0 Å². The van der Waals surface area contributed by atoms with Crippen LogP contribution in [0.5, 0.6) is 0 Å². The van der Waals surface area contributed by atoms with Gasteiger partial charge in [0.25, 0.3) is 0 Å². The zero-order valence-electron chi connectivity index (χ0n) is 8.98. The summed E-state index contributed by atoms with van der Waals surface area (Å²) in [5, 5.41) is 4.14. The van der Waals surface area contributed by atoms with Gasteiger partial charge < -0.3 is 9.64 Å². The lowest BCUT2D eigenvalue weighted by Crippen LogP contribution is -2.53. The molecule has 5 heteroatoms. The highest BCUT2D eigenvalue weighted by molar-refractivity contribution is 5.53. The van der Waals surface area contributed by atoms with Gasteiger partial charge in [-0.15, -0.1) is 0 Å². The van der Waals surface area contributed by atoms with Crippen LogP contribution in [0.15, 0.2) is 5.70 Å². The van der Waals surface area contributed by atoms with Crippen molar-refractivity contribution in [2.45, 2.75) is 6.23 Å². The van der Waals surface area contributed by atoms with Gasteiger partial charge in [-0.05, 0) is 7.05 Å². The van der Waals surface area contributed by atoms with E-state index in [9.17, 15) is 4.79 Å². The highest BCUT2D eigenvalue weighted by atomic mass is 16.5. The first kappa shape index (κ1) is 10.6. The molecule has 1 radical (unpaired) electrons. The van der Waals surface area contributed by atoms with Gasteiger partial charge in [0.1, 0.15) is 0 Å². The first-order valence-electron chi connectivity index (χ1n) is 5.28. The minimum absolute atomic E-state index is 0.259. The molecule has 2 aliphatic rings. The van der Waals surface area contributed by atoms with Gasteiger partial charge in [0, 0.05) is 26.2 Å². The second-order valence-corrected chi connectivity index (χ2v) is 3.93. The first-order chi connectivity index (χ1) is 7.31. The highest BCUT2D eigenvalue weighted by Gasteiger charge is 2.30. The van der Waals surface area contributed by atoms with Crippen molar-refractivity contribution < 1.29 is 9.53 Å². The van der Waals surface area contributed by atoms with E-state index < -0.39 is 0 Å². The van der Waals surface area contributed by atoms with Gasteiger partial charge in [-0.1, -0.05) is 0 Å². The topological polar surface area (TPSA) is 46.9 Å². The number of hydrogen-bond acceptors (Lipinski definition) is 4. The van der Waals surface area contributed by atoms with Gasteiger partial charge in [0.15, 0.2) is 17.9 Å². The van der Waals surface area contributed by atoms with Crippen LogP contribution in [0.3, 0.4) is 0 Å². The van der Waals surface area contributed by atoms with Crippen LogP contribution in [0.4, 0.5) is 0 Å². The Morgan fingerprint density at radius 2 is 2.13 bits per heavy atom. The largest absolute Gasteiger partial charge is 0.354 e. The van der Waals surface area contributed by atoms with E-state index in [1.165, 1.54) is 0 Å². The molecule has 1 unspecified atom stereocenters. The molecule has 2 saturated heterocycles. The molecule has 0 aromatic carbocycles. The molecule has 0 bridgehead atoms. The van der Waals surface area contributed by atoms with Crippen molar-refractivity contribution in [3.05, 3.63) is 5.70 Å². The molecule has 1 atom stereocenters. The van der Waals surface area contributed by atoms with Gasteiger partial charge in [0.05, 0.1) is 13.2 Å². The fourth-order valence-corrected chi connectivity index (χ4v) is 1.90. The summed E-state index contributed by atoms with van der Waals surface area (Å²) in [6.07, 6.45) is -0.259. The molecule has 2 heterocycles. The third kappa shape index (κ3) is 2.38. The molecule has 5 nitrogen and oxygen atoms in total. The summed E-state index contributed by atoms with van der Waals surface area (Å²) >= 11 is 0. The zero-order valence-corrected chi connectivity index (χ0v) is 8.98. The Kier molecular flexibility index (Phi) is 3.38. The summed E-state index contributed by atoms with van der Waals surface area (Å²) in [5.74, 6) is 1.88. The van der Waals surface area contributed by atoms with Crippen molar-refractivity contribution in [2.75, 3.05) is 46.4 Å².